The SMILES string of the molecule is COc1cc(N(C)c2nccc(Nc3n[nH]c4c(F)cccc34)n2)cc(OC)c1OC. The molecule has 10 heteroatoms. The van der Waals surface area contributed by atoms with Crippen LogP contribution in [0.15, 0.2) is 42.6 Å². The first-order valence-electron chi connectivity index (χ1n) is 9.32. The molecule has 4 aromatic rings. The predicted octanol–water partition coefficient (Wildman–Crippen LogP) is 4.03. The average molecular weight is 424 g/mol. The summed E-state index contributed by atoms with van der Waals surface area (Å²) in [4.78, 5) is 10.7. The molecule has 0 aliphatic heterocycles. The monoisotopic (exact) mass is 424 g/mol. The van der Waals surface area contributed by atoms with Crippen LogP contribution in [-0.2, 0) is 0 Å². The van der Waals surface area contributed by atoms with E-state index in [2.05, 4.69) is 25.5 Å². The maximum Gasteiger partial charge on any atom is 0.231 e. The molecular formula is C21H21FN6O3. The molecule has 0 radical (unpaired) electrons. The quantitative estimate of drug-likeness (QED) is 0.459. The number of benzene rings is 2. The van der Waals surface area contributed by atoms with Gasteiger partial charge in [-0.15, -0.1) is 0 Å². The van der Waals surface area contributed by atoms with Crippen molar-refractivity contribution in [3.05, 3.63) is 48.4 Å². The van der Waals surface area contributed by atoms with Gasteiger partial charge < -0.3 is 24.4 Å². The number of fused-ring (bicyclic) bond motifs is 1. The molecule has 0 spiro atoms. The van der Waals surface area contributed by atoms with Crippen LogP contribution in [0, 0.1) is 5.82 Å². The minimum absolute atomic E-state index is 0.328. The van der Waals surface area contributed by atoms with Crippen LogP contribution >= 0.6 is 0 Å². The molecule has 0 aliphatic rings. The molecule has 0 saturated heterocycles. The van der Waals surface area contributed by atoms with Crippen molar-refractivity contribution in [1.29, 1.82) is 0 Å². The van der Waals surface area contributed by atoms with E-state index in [1.165, 1.54) is 6.07 Å². The third-order valence-electron chi connectivity index (χ3n) is 4.77. The second-order valence-corrected chi connectivity index (χ2v) is 6.54. The Morgan fingerprint density at radius 2 is 1.77 bits per heavy atom. The summed E-state index contributed by atoms with van der Waals surface area (Å²) in [7, 11) is 6.48. The van der Waals surface area contributed by atoms with Crippen LogP contribution in [-0.4, -0.2) is 48.5 Å². The maximum atomic E-state index is 13.9. The summed E-state index contributed by atoms with van der Waals surface area (Å²) in [5, 5.41) is 10.6. The number of aromatic nitrogens is 4. The zero-order chi connectivity index (χ0) is 22.0. The number of aromatic amines is 1. The highest BCUT2D eigenvalue weighted by Gasteiger charge is 2.17. The summed E-state index contributed by atoms with van der Waals surface area (Å²) in [5.41, 5.74) is 1.06. The third kappa shape index (κ3) is 3.75. The predicted molar refractivity (Wildman–Crippen MR) is 116 cm³/mol. The number of anilines is 4. The van der Waals surface area contributed by atoms with Crippen molar-refractivity contribution in [1.82, 2.24) is 20.2 Å². The van der Waals surface area contributed by atoms with Crippen molar-refractivity contribution in [2.45, 2.75) is 0 Å². The number of hydrogen-bond acceptors (Lipinski definition) is 8. The summed E-state index contributed by atoms with van der Waals surface area (Å²) in [5.74, 6) is 2.55. The van der Waals surface area contributed by atoms with Gasteiger partial charge in [0.05, 0.1) is 27.0 Å². The number of halogens is 1. The van der Waals surface area contributed by atoms with Gasteiger partial charge >= 0.3 is 0 Å². The summed E-state index contributed by atoms with van der Waals surface area (Å²) in [6, 6.07) is 10.1. The number of nitrogens with one attached hydrogen (secondary N) is 2. The average Bonchev–Trinajstić information content (AvgIpc) is 3.21. The zero-order valence-electron chi connectivity index (χ0n) is 17.4. The molecule has 2 N–H and O–H groups in total. The fourth-order valence-corrected chi connectivity index (χ4v) is 3.18. The van der Waals surface area contributed by atoms with E-state index in [1.54, 1.807) is 62.8 Å². The van der Waals surface area contributed by atoms with E-state index in [9.17, 15) is 4.39 Å². The minimum atomic E-state index is -0.372. The maximum absolute atomic E-state index is 13.9. The van der Waals surface area contributed by atoms with E-state index in [0.717, 1.165) is 5.69 Å². The highest BCUT2D eigenvalue weighted by atomic mass is 19.1. The van der Waals surface area contributed by atoms with E-state index in [-0.39, 0.29) is 5.82 Å². The summed E-state index contributed by atoms with van der Waals surface area (Å²) in [6.45, 7) is 0. The van der Waals surface area contributed by atoms with Crippen LogP contribution in [0.3, 0.4) is 0 Å². The van der Waals surface area contributed by atoms with Crippen molar-refractivity contribution in [2.24, 2.45) is 0 Å². The van der Waals surface area contributed by atoms with Crippen LogP contribution in [0.25, 0.3) is 10.9 Å². The summed E-state index contributed by atoms with van der Waals surface area (Å²) < 4.78 is 30.1. The molecular weight excluding hydrogens is 403 g/mol. The smallest absolute Gasteiger partial charge is 0.231 e. The molecule has 0 bridgehead atoms. The number of hydrogen-bond donors (Lipinski definition) is 2. The van der Waals surface area contributed by atoms with Crippen LogP contribution < -0.4 is 24.4 Å². The van der Waals surface area contributed by atoms with E-state index >= 15 is 0 Å². The first-order chi connectivity index (χ1) is 15.0. The highest BCUT2D eigenvalue weighted by Crippen LogP contribution is 2.41. The highest BCUT2D eigenvalue weighted by molar-refractivity contribution is 5.91. The Balaban J connectivity index is 1.66. The lowest BCUT2D eigenvalue weighted by atomic mass is 10.2. The van der Waals surface area contributed by atoms with Crippen LogP contribution in [0.2, 0.25) is 0 Å². The normalized spacial score (nSPS) is 10.7. The molecule has 2 aromatic heterocycles. The number of para-hydroxylation sites is 1. The fourth-order valence-electron chi connectivity index (χ4n) is 3.18. The lowest BCUT2D eigenvalue weighted by Crippen LogP contribution is -2.14. The number of methoxy groups -OCH3 is 3. The van der Waals surface area contributed by atoms with E-state index in [4.69, 9.17) is 14.2 Å². The van der Waals surface area contributed by atoms with Crippen molar-refractivity contribution in [3.8, 4) is 17.2 Å². The van der Waals surface area contributed by atoms with Crippen LogP contribution in [0.5, 0.6) is 17.2 Å². The third-order valence-corrected chi connectivity index (χ3v) is 4.77. The number of nitrogens with zero attached hydrogens (tertiary/aromatic N) is 4. The molecule has 31 heavy (non-hydrogen) atoms. The Kier molecular flexibility index (Phi) is 5.44. The van der Waals surface area contributed by atoms with Gasteiger partial charge in [-0.1, -0.05) is 6.07 Å². The molecule has 0 saturated carbocycles. The molecule has 0 unspecified atom stereocenters. The Hall–Kier alpha value is -4.08. The van der Waals surface area contributed by atoms with Crippen molar-refractivity contribution < 1.29 is 18.6 Å². The van der Waals surface area contributed by atoms with Gasteiger partial charge in [-0.05, 0) is 18.2 Å². The number of ether oxygens (including phenoxy) is 3. The Bertz CT molecular complexity index is 1200. The van der Waals surface area contributed by atoms with Crippen LogP contribution in [0.1, 0.15) is 0 Å². The standard InChI is InChI=1S/C21H21FN6O3/c1-28(12-10-15(29-2)19(31-4)16(11-12)30-3)21-23-9-8-17(25-21)24-20-13-6-5-7-14(22)18(13)26-27-20/h5-11H,1-4H3,(H2,23,24,25,26,27). The zero-order valence-corrected chi connectivity index (χ0v) is 17.4. The second-order valence-electron chi connectivity index (χ2n) is 6.54. The Morgan fingerprint density at radius 1 is 1.03 bits per heavy atom. The largest absolute Gasteiger partial charge is 0.493 e. The van der Waals surface area contributed by atoms with Crippen molar-refractivity contribution in [2.75, 3.05) is 38.6 Å². The lowest BCUT2D eigenvalue weighted by molar-refractivity contribution is 0.324. The molecule has 2 aromatic carbocycles. The van der Waals surface area contributed by atoms with E-state index in [1.807, 2.05) is 7.05 Å². The van der Waals surface area contributed by atoms with E-state index in [0.29, 0.717) is 45.7 Å². The van der Waals surface area contributed by atoms with Gasteiger partial charge in [0.25, 0.3) is 0 Å². The van der Waals surface area contributed by atoms with Crippen molar-refractivity contribution in [3.63, 3.8) is 0 Å². The lowest BCUT2D eigenvalue weighted by Gasteiger charge is -2.21. The molecule has 2 heterocycles. The molecule has 0 amide bonds. The van der Waals surface area contributed by atoms with E-state index < -0.39 is 0 Å². The Labute approximate surface area is 177 Å². The first kappa shape index (κ1) is 20.2. The van der Waals surface area contributed by atoms with Gasteiger partial charge in [-0.2, -0.15) is 10.1 Å². The summed E-state index contributed by atoms with van der Waals surface area (Å²) >= 11 is 0. The van der Waals surface area contributed by atoms with Crippen LogP contribution in [0.4, 0.5) is 27.7 Å². The molecule has 160 valence electrons. The number of rotatable bonds is 7. The van der Waals surface area contributed by atoms with Gasteiger partial charge in [0.1, 0.15) is 17.2 Å². The molecule has 9 nitrogen and oxygen atoms in total. The second kappa shape index (κ2) is 8.34. The molecule has 0 aliphatic carbocycles. The van der Waals surface area contributed by atoms with Gasteiger partial charge in [0.15, 0.2) is 17.3 Å². The van der Waals surface area contributed by atoms with Gasteiger partial charge in [-0.25, -0.2) is 9.37 Å². The van der Waals surface area contributed by atoms with Gasteiger partial charge in [-0.3, -0.25) is 5.10 Å². The van der Waals surface area contributed by atoms with Gasteiger partial charge in [0, 0.05) is 30.8 Å². The topological polar surface area (TPSA) is 97.4 Å². The summed E-state index contributed by atoms with van der Waals surface area (Å²) in [6.07, 6.45) is 1.62. The van der Waals surface area contributed by atoms with Gasteiger partial charge in [0.2, 0.25) is 11.7 Å². The molecule has 0 atom stereocenters. The molecule has 0 fully saturated rings. The Morgan fingerprint density at radius 3 is 2.45 bits per heavy atom. The number of H-pyrrole nitrogens is 1. The minimum Gasteiger partial charge on any atom is -0.493 e. The van der Waals surface area contributed by atoms with Crippen molar-refractivity contribution >= 4 is 34.2 Å². The fraction of sp³-hybridized carbons (Fsp3) is 0.190. The first-order valence-corrected chi connectivity index (χ1v) is 9.32. The molecule has 4 rings (SSSR count).